The first-order chi connectivity index (χ1) is 8.60. The SMILES string of the molecule is CCC1(C(=O)N2CCCCC2C(N)=O)CCNC1. The highest BCUT2D eigenvalue weighted by Gasteiger charge is 2.45. The van der Waals surface area contributed by atoms with Crippen molar-refractivity contribution in [1.29, 1.82) is 0 Å². The summed E-state index contributed by atoms with van der Waals surface area (Å²) in [6, 6.07) is -0.393. The van der Waals surface area contributed by atoms with Crippen molar-refractivity contribution in [3.8, 4) is 0 Å². The maximum atomic E-state index is 12.7. The standard InChI is InChI=1S/C13H23N3O2/c1-2-13(6-7-15-9-13)12(18)16-8-4-3-5-10(16)11(14)17/h10,15H,2-9H2,1H3,(H2,14,17). The molecule has 2 aliphatic rings. The van der Waals surface area contributed by atoms with Gasteiger partial charge in [-0.1, -0.05) is 6.92 Å². The molecule has 0 aromatic rings. The van der Waals surface area contributed by atoms with E-state index in [0.717, 1.165) is 38.8 Å². The van der Waals surface area contributed by atoms with E-state index in [1.54, 1.807) is 4.90 Å². The average Bonchev–Trinajstić information content (AvgIpc) is 2.87. The third-order valence-electron chi connectivity index (χ3n) is 4.47. The van der Waals surface area contributed by atoms with Crippen molar-refractivity contribution >= 4 is 11.8 Å². The molecule has 3 N–H and O–H groups in total. The van der Waals surface area contributed by atoms with E-state index in [-0.39, 0.29) is 17.2 Å². The molecule has 2 saturated heterocycles. The number of carbonyl (C=O) groups is 2. The highest BCUT2D eigenvalue weighted by Crippen LogP contribution is 2.34. The van der Waals surface area contributed by atoms with Gasteiger partial charge >= 0.3 is 0 Å². The molecule has 0 aliphatic carbocycles. The second-order valence-corrected chi connectivity index (χ2v) is 5.47. The lowest BCUT2D eigenvalue weighted by Crippen LogP contribution is -2.55. The first-order valence-corrected chi connectivity index (χ1v) is 6.92. The van der Waals surface area contributed by atoms with Gasteiger partial charge in [0, 0.05) is 13.1 Å². The van der Waals surface area contributed by atoms with Crippen molar-refractivity contribution in [2.75, 3.05) is 19.6 Å². The summed E-state index contributed by atoms with van der Waals surface area (Å²) in [5, 5.41) is 3.26. The smallest absolute Gasteiger partial charge is 0.240 e. The van der Waals surface area contributed by atoms with E-state index in [1.165, 1.54) is 0 Å². The fraction of sp³-hybridized carbons (Fsp3) is 0.846. The number of hydrogen-bond acceptors (Lipinski definition) is 3. The fourth-order valence-corrected chi connectivity index (χ4v) is 3.15. The van der Waals surface area contributed by atoms with Crippen LogP contribution in [0.5, 0.6) is 0 Å². The van der Waals surface area contributed by atoms with Crippen LogP contribution in [0.1, 0.15) is 39.0 Å². The van der Waals surface area contributed by atoms with Crippen LogP contribution in [0.15, 0.2) is 0 Å². The molecule has 2 atom stereocenters. The summed E-state index contributed by atoms with van der Waals surface area (Å²) in [6.07, 6.45) is 4.36. The van der Waals surface area contributed by atoms with Crippen LogP contribution in [-0.4, -0.2) is 42.4 Å². The summed E-state index contributed by atoms with van der Waals surface area (Å²) >= 11 is 0. The van der Waals surface area contributed by atoms with E-state index >= 15 is 0 Å². The average molecular weight is 253 g/mol. The van der Waals surface area contributed by atoms with Crippen LogP contribution >= 0.6 is 0 Å². The molecule has 2 amide bonds. The molecule has 102 valence electrons. The molecule has 0 aromatic heterocycles. The van der Waals surface area contributed by atoms with E-state index in [1.807, 2.05) is 6.92 Å². The number of nitrogens with two attached hydrogens (primary N) is 1. The Balaban J connectivity index is 2.17. The third-order valence-corrected chi connectivity index (χ3v) is 4.47. The summed E-state index contributed by atoms with van der Waals surface area (Å²) in [6.45, 7) is 4.33. The van der Waals surface area contributed by atoms with E-state index < -0.39 is 6.04 Å². The van der Waals surface area contributed by atoms with Gasteiger partial charge in [-0.3, -0.25) is 9.59 Å². The molecule has 2 unspecified atom stereocenters. The Kier molecular flexibility index (Phi) is 3.90. The van der Waals surface area contributed by atoms with Crippen molar-refractivity contribution in [2.45, 2.75) is 45.1 Å². The normalized spacial score (nSPS) is 32.5. The van der Waals surface area contributed by atoms with Crippen LogP contribution in [0.25, 0.3) is 0 Å². The lowest BCUT2D eigenvalue weighted by molar-refractivity contribution is -0.149. The lowest BCUT2D eigenvalue weighted by Gasteiger charge is -2.39. The zero-order chi connectivity index (χ0) is 13.2. The second kappa shape index (κ2) is 5.26. The number of amides is 2. The zero-order valence-corrected chi connectivity index (χ0v) is 11.1. The maximum Gasteiger partial charge on any atom is 0.240 e. The van der Waals surface area contributed by atoms with Gasteiger partial charge in [-0.05, 0) is 38.6 Å². The van der Waals surface area contributed by atoms with E-state index in [9.17, 15) is 9.59 Å². The highest BCUT2D eigenvalue weighted by atomic mass is 16.2. The Morgan fingerprint density at radius 3 is 2.78 bits per heavy atom. The molecule has 5 nitrogen and oxygen atoms in total. The first kappa shape index (κ1) is 13.3. The van der Waals surface area contributed by atoms with Crippen LogP contribution in [0.2, 0.25) is 0 Å². The Bertz CT molecular complexity index is 337. The number of likely N-dealkylation sites (tertiary alicyclic amines) is 1. The number of nitrogens with zero attached hydrogens (tertiary/aromatic N) is 1. The van der Waals surface area contributed by atoms with Gasteiger partial charge in [-0.15, -0.1) is 0 Å². The third kappa shape index (κ3) is 2.23. The van der Waals surface area contributed by atoms with Crippen LogP contribution in [-0.2, 0) is 9.59 Å². The fourth-order valence-electron chi connectivity index (χ4n) is 3.15. The number of nitrogens with one attached hydrogen (secondary N) is 1. The molecule has 0 aromatic carbocycles. The second-order valence-electron chi connectivity index (χ2n) is 5.47. The van der Waals surface area contributed by atoms with Crippen LogP contribution in [0.3, 0.4) is 0 Å². The minimum Gasteiger partial charge on any atom is -0.368 e. The molecule has 2 rings (SSSR count). The van der Waals surface area contributed by atoms with Gasteiger partial charge in [-0.2, -0.15) is 0 Å². The van der Waals surface area contributed by atoms with Gasteiger partial charge in [0.05, 0.1) is 5.41 Å². The Morgan fingerprint density at radius 1 is 1.44 bits per heavy atom. The number of carbonyl (C=O) groups excluding carboxylic acids is 2. The van der Waals surface area contributed by atoms with Crippen LogP contribution < -0.4 is 11.1 Å². The number of rotatable bonds is 3. The molecule has 0 bridgehead atoms. The van der Waals surface area contributed by atoms with Crippen molar-refractivity contribution in [1.82, 2.24) is 10.2 Å². The summed E-state index contributed by atoms with van der Waals surface area (Å²) in [5.74, 6) is -0.237. The van der Waals surface area contributed by atoms with Gasteiger partial charge < -0.3 is 16.0 Å². The largest absolute Gasteiger partial charge is 0.368 e. The molecule has 2 aliphatic heterocycles. The quantitative estimate of drug-likeness (QED) is 0.756. The van der Waals surface area contributed by atoms with Crippen molar-refractivity contribution in [3.63, 3.8) is 0 Å². The number of hydrogen-bond donors (Lipinski definition) is 2. The number of primary amides is 1. The summed E-state index contributed by atoms with van der Waals surface area (Å²) < 4.78 is 0. The Hall–Kier alpha value is -1.10. The minimum absolute atomic E-state index is 0.124. The Morgan fingerprint density at radius 2 is 2.22 bits per heavy atom. The van der Waals surface area contributed by atoms with Crippen LogP contribution in [0, 0.1) is 5.41 Å². The van der Waals surface area contributed by atoms with Gasteiger partial charge in [0.25, 0.3) is 0 Å². The Labute approximate surface area is 108 Å². The topological polar surface area (TPSA) is 75.4 Å². The van der Waals surface area contributed by atoms with Crippen molar-refractivity contribution in [2.24, 2.45) is 11.1 Å². The lowest BCUT2D eigenvalue weighted by atomic mass is 9.81. The monoisotopic (exact) mass is 253 g/mol. The number of piperidine rings is 1. The molecular formula is C13H23N3O2. The molecule has 5 heteroatoms. The summed E-state index contributed by atoms with van der Waals surface area (Å²) in [5.41, 5.74) is 5.12. The van der Waals surface area contributed by atoms with Gasteiger partial charge in [0.15, 0.2) is 0 Å². The molecule has 0 spiro atoms. The molecule has 0 saturated carbocycles. The van der Waals surface area contributed by atoms with Gasteiger partial charge in [0.1, 0.15) is 6.04 Å². The summed E-state index contributed by atoms with van der Waals surface area (Å²) in [4.78, 5) is 26.0. The van der Waals surface area contributed by atoms with E-state index in [0.29, 0.717) is 13.0 Å². The van der Waals surface area contributed by atoms with E-state index in [4.69, 9.17) is 5.73 Å². The molecule has 18 heavy (non-hydrogen) atoms. The minimum atomic E-state index is -0.393. The molecule has 2 fully saturated rings. The van der Waals surface area contributed by atoms with Gasteiger partial charge in [0.2, 0.25) is 11.8 Å². The predicted molar refractivity (Wildman–Crippen MR) is 68.8 cm³/mol. The molecule has 2 heterocycles. The highest BCUT2D eigenvalue weighted by molar-refractivity contribution is 5.90. The van der Waals surface area contributed by atoms with Crippen LogP contribution in [0.4, 0.5) is 0 Å². The first-order valence-electron chi connectivity index (χ1n) is 6.92. The summed E-state index contributed by atoms with van der Waals surface area (Å²) in [7, 11) is 0. The zero-order valence-electron chi connectivity index (χ0n) is 11.1. The van der Waals surface area contributed by atoms with E-state index in [2.05, 4.69) is 5.32 Å². The molecular weight excluding hydrogens is 230 g/mol. The molecule has 0 radical (unpaired) electrons. The maximum absolute atomic E-state index is 12.7. The van der Waals surface area contributed by atoms with Gasteiger partial charge in [-0.25, -0.2) is 0 Å². The predicted octanol–water partition coefficient (Wildman–Crippen LogP) is 0.243. The van der Waals surface area contributed by atoms with Crippen molar-refractivity contribution in [3.05, 3.63) is 0 Å². The van der Waals surface area contributed by atoms with Crippen molar-refractivity contribution < 1.29 is 9.59 Å².